The van der Waals surface area contributed by atoms with Gasteiger partial charge in [-0.05, 0) is 30.9 Å². The molecule has 1 aliphatic heterocycles. The van der Waals surface area contributed by atoms with Crippen molar-refractivity contribution in [2.45, 2.75) is 39.7 Å². The second-order valence-electron chi connectivity index (χ2n) is 6.07. The Morgan fingerprint density at radius 1 is 1.33 bits per heavy atom. The van der Waals surface area contributed by atoms with Crippen molar-refractivity contribution in [2.24, 2.45) is 5.92 Å². The molecule has 3 nitrogen and oxygen atoms in total. The third-order valence-corrected chi connectivity index (χ3v) is 4.16. The van der Waals surface area contributed by atoms with E-state index >= 15 is 0 Å². The van der Waals surface area contributed by atoms with Gasteiger partial charge in [0.1, 0.15) is 0 Å². The third-order valence-electron chi connectivity index (χ3n) is 4.16. The van der Waals surface area contributed by atoms with E-state index in [2.05, 4.69) is 11.8 Å². The van der Waals surface area contributed by atoms with E-state index in [0.717, 1.165) is 30.2 Å². The van der Waals surface area contributed by atoms with Crippen molar-refractivity contribution in [3.05, 3.63) is 35.4 Å². The topological polar surface area (TPSA) is 29.5 Å². The summed E-state index contributed by atoms with van der Waals surface area (Å²) >= 11 is 0. The molecule has 0 N–H and O–H groups in total. The maximum atomic E-state index is 11.5. The summed E-state index contributed by atoms with van der Waals surface area (Å²) in [4.78, 5) is 14.0. The summed E-state index contributed by atoms with van der Waals surface area (Å²) in [5, 5.41) is 0. The van der Waals surface area contributed by atoms with Crippen LogP contribution in [-0.4, -0.2) is 36.9 Å². The number of piperidine rings is 1. The van der Waals surface area contributed by atoms with Gasteiger partial charge in [0.25, 0.3) is 0 Å². The zero-order chi connectivity index (χ0) is 15.1. The second-order valence-corrected chi connectivity index (χ2v) is 6.07. The fraction of sp³-hybridized carbons (Fsp3) is 0.611. The number of benzene rings is 1. The van der Waals surface area contributed by atoms with Crippen LogP contribution in [0.3, 0.4) is 0 Å². The first-order valence-corrected chi connectivity index (χ1v) is 8.11. The highest BCUT2D eigenvalue weighted by atomic mass is 16.5. The molecule has 1 aliphatic rings. The average molecular weight is 289 g/mol. The first-order valence-electron chi connectivity index (χ1n) is 8.11. The maximum absolute atomic E-state index is 11.5. The lowest BCUT2D eigenvalue weighted by molar-refractivity contribution is 0.0781. The molecule has 1 saturated heterocycles. The monoisotopic (exact) mass is 289 g/mol. The number of carbonyl (C=O) groups is 1. The van der Waals surface area contributed by atoms with E-state index in [1.165, 1.54) is 25.9 Å². The normalized spacial score (nSPS) is 19.6. The van der Waals surface area contributed by atoms with Gasteiger partial charge in [-0.15, -0.1) is 0 Å². The first kappa shape index (κ1) is 16.2. The molecule has 1 aromatic rings. The smallest absolute Gasteiger partial charge is 0.162 e. The van der Waals surface area contributed by atoms with Crippen LogP contribution in [0.1, 0.15) is 49.0 Å². The van der Waals surface area contributed by atoms with Crippen molar-refractivity contribution in [3.8, 4) is 0 Å². The molecule has 1 unspecified atom stereocenters. The minimum absolute atomic E-state index is 0.196. The van der Waals surface area contributed by atoms with E-state index in [9.17, 15) is 4.79 Å². The minimum Gasteiger partial charge on any atom is -0.375 e. The zero-order valence-electron chi connectivity index (χ0n) is 13.3. The van der Waals surface area contributed by atoms with Gasteiger partial charge in [0.05, 0.1) is 13.2 Å². The van der Waals surface area contributed by atoms with Crippen LogP contribution in [0.4, 0.5) is 0 Å². The Labute approximate surface area is 128 Å². The number of ketones is 1. The second kappa shape index (κ2) is 8.30. The average Bonchev–Trinajstić information content (AvgIpc) is 2.51. The molecule has 0 aromatic heterocycles. The van der Waals surface area contributed by atoms with Crippen LogP contribution in [0.15, 0.2) is 24.3 Å². The molecule has 0 amide bonds. The molecule has 0 bridgehead atoms. The Balaban J connectivity index is 1.67. The van der Waals surface area contributed by atoms with Crippen LogP contribution < -0.4 is 0 Å². The summed E-state index contributed by atoms with van der Waals surface area (Å²) in [6.45, 7) is 9.06. The van der Waals surface area contributed by atoms with Crippen molar-refractivity contribution in [2.75, 3.05) is 26.2 Å². The number of hydrogen-bond acceptors (Lipinski definition) is 3. The standard InChI is InChI=1S/C18H27NO2/c1-3-18(20)17-8-6-16(7-9-17)14-21-12-11-19-10-4-5-15(2)13-19/h6-9,15H,3-5,10-14H2,1-2H3. The highest BCUT2D eigenvalue weighted by Gasteiger charge is 2.15. The fourth-order valence-electron chi connectivity index (χ4n) is 2.86. The summed E-state index contributed by atoms with van der Waals surface area (Å²) in [6.07, 6.45) is 3.23. The fourth-order valence-corrected chi connectivity index (χ4v) is 2.86. The molecule has 116 valence electrons. The van der Waals surface area contributed by atoms with Gasteiger partial charge < -0.3 is 9.64 Å². The van der Waals surface area contributed by atoms with Gasteiger partial charge in [0.2, 0.25) is 0 Å². The highest BCUT2D eigenvalue weighted by molar-refractivity contribution is 5.95. The van der Waals surface area contributed by atoms with Gasteiger partial charge in [-0.2, -0.15) is 0 Å². The van der Waals surface area contributed by atoms with Crippen molar-refractivity contribution in [3.63, 3.8) is 0 Å². The van der Waals surface area contributed by atoms with Crippen LogP contribution in [0.25, 0.3) is 0 Å². The summed E-state index contributed by atoms with van der Waals surface area (Å²) in [6, 6.07) is 7.78. The number of ether oxygens (including phenoxy) is 1. The highest BCUT2D eigenvalue weighted by Crippen LogP contribution is 2.15. The third kappa shape index (κ3) is 5.25. The Morgan fingerprint density at radius 3 is 2.76 bits per heavy atom. The van der Waals surface area contributed by atoms with Crippen LogP contribution in [0.2, 0.25) is 0 Å². The number of carbonyl (C=O) groups excluding carboxylic acids is 1. The molecule has 1 heterocycles. The van der Waals surface area contributed by atoms with Crippen LogP contribution in [-0.2, 0) is 11.3 Å². The molecule has 0 radical (unpaired) electrons. The van der Waals surface area contributed by atoms with Crippen LogP contribution in [0, 0.1) is 5.92 Å². The molecule has 0 aliphatic carbocycles. The van der Waals surface area contributed by atoms with Crippen molar-refractivity contribution in [1.29, 1.82) is 0 Å². The molecule has 0 spiro atoms. The van der Waals surface area contributed by atoms with Gasteiger partial charge in [0, 0.05) is 25.1 Å². The summed E-state index contributed by atoms with van der Waals surface area (Å²) in [5.74, 6) is 1.02. The molecule has 2 rings (SSSR count). The summed E-state index contributed by atoms with van der Waals surface area (Å²) < 4.78 is 5.76. The SMILES string of the molecule is CCC(=O)c1ccc(COCCN2CCCC(C)C2)cc1. The Kier molecular flexibility index (Phi) is 6.40. The van der Waals surface area contributed by atoms with E-state index in [0.29, 0.717) is 13.0 Å². The molecule has 3 heteroatoms. The van der Waals surface area contributed by atoms with Gasteiger partial charge in [-0.3, -0.25) is 4.79 Å². The molecule has 0 saturated carbocycles. The summed E-state index contributed by atoms with van der Waals surface area (Å²) in [7, 11) is 0. The van der Waals surface area contributed by atoms with Gasteiger partial charge in [0.15, 0.2) is 5.78 Å². The Bertz CT molecular complexity index is 441. The van der Waals surface area contributed by atoms with Crippen molar-refractivity contribution >= 4 is 5.78 Å². The van der Waals surface area contributed by atoms with Crippen molar-refractivity contribution < 1.29 is 9.53 Å². The number of Topliss-reactive ketones (excluding diaryl/α,β-unsaturated/α-hetero) is 1. The Hall–Kier alpha value is -1.19. The number of hydrogen-bond donors (Lipinski definition) is 0. The lowest BCUT2D eigenvalue weighted by Crippen LogP contribution is -2.36. The van der Waals surface area contributed by atoms with E-state index in [-0.39, 0.29) is 5.78 Å². The van der Waals surface area contributed by atoms with E-state index in [1.807, 2.05) is 31.2 Å². The molecule has 1 atom stereocenters. The molecule has 1 fully saturated rings. The van der Waals surface area contributed by atoms with Gasteiger partial charge in [-0.1, -0.05) is 38.1 Å². The first-order chi connectivity index (χ1) is 10.2. The maximum Gasteiger partial charge on any atom is 0.162 e. The van der Waals surface area contributed by atoms with Gasteiger partial charge in [-0.25, -0.2) is 0 Å². The lowest BCUT2D eigenvalue weighted by atomic mass is 10.0. The van der Waals surface area contributed by atoms with E-state index in [1.54, 1.807) is 0 Å². The van der Waals surface area contributed by atoms with E-state index < -0.39 is 0 Å². The molecule has 21 heavy (non-hydrogen) atoms. The minimum atomic E-state index is 0.196. The predicted octanol–water partition coefficient (Wildman–Crippen LogP) is 3.53. The van der Waals surface area contributed by atoms with Gasteiger partial charge >= 0.3 is 0 Å². The largest absolute Gasteiger partial charge is 0.375 e. The quantitative estimate of drug-likeness (QED) is 0.568. The summed E-state index contributed by atoms with van der Waals surface area (Å²) in [5.41, 5.74) is 1.93. The number of nitrogens with zero attached hydrogens (tertiary/aromatic N) is 1. The zero-order valence-corrected chi connectivity index (χ0v) is 13.3. The molecular weight excluding hydrogens is 262 g/mol. The van der Waals surface area contributed by atoms with Crippen LogP contribution >= 0.6 is 0 Å². The van der Waals surface area contributed by atoms with Crippen molar-refractivity contribution in [1.82, 2.24) is 4.90 Å². The molecule has 1 aromatic carbocycles. The lowest BCUT2D eigenvalue weighted by Gasteiger charge is -2.30. The number of likely N-dealkylation sites (tertiary alicyclic amines) is 1. The van der Waals surface area contributed by atoms with E-state index in [4.69, 9.17) is 4.74 Å². The number of rotatable bonds is 7. The predicted molar refractivity (Wildman–Crippen MR) is 85.6 cm³/mol. The molecular formula is C18H27NO2. The Morgan fingerprint density at radius 2 is 2.10 bits per heavy atom. The van der Waals surface area contributed by atoms with Crippen LogP contribution in [0.5, 0.6) is 0 Å².